The van der Waals surface area contributed by atoms with Crippen LogP contribution in [0.1, 0.15) is 27.2 Å². The van der Waals surface area contributed by atoms with Crippen molar-refractivity contribution in [1.82, 2.24) is 10.2 Å². The quantitative estimate of drug-likeness (QED) is 0.667. The highest BCUT2D eigenvalue weighted by molar-refractivity contribution is 5.04. The summed E-state index contributed by atoms with van der Waals surface area (Å²) < 4.78 is 0. The van der Waals surface area contributed by atoms with Gasteiger partial charge in [-0.25, -0.2) is 0 Å². The Bertz CT molecular complexity index is 194. The highest BCUT2D eigenvalue weighted by atomic mass is 15.2. The third kappa shape index (κ3) is 3.49. The van der Waals surface area contributed by atoms with Gasteiger partial charge in [0.05, 0.1) is 0 Å². The van der Waals surface area contributed by atoms with E-state index in [2.05, 4.69) is 37.1 Å². The normalized spacial score (nSPS) is 20.2. The summed E-state index contributed by atoms with van der Waals surface area (Å²) in [5.74, 6) is 0. The summed E-state index contributed by atoms with van der Waals surface area (Å²) in [6, 6.07) is 0. The fourth-order valence-corrected chi connectivity index (χ4v) is 1.59. The van der Waals surface area contributed by atoms with Crippen LogP contribution in [0.3, 0.4) is 0 Å². The molecule has 1 N–H and O–H groups in total. The first kappa shape index (κ1) is 10.7. The molecule has 76 valence electrons. The van der Waals surface area contributed by atoms with Crippen molar-refractivity contribution in [2.75, 3.05) is 26.7 Å². The summed E-state index contributed by atoms with van der Waals surface area (Å²) in [6.45, 7) is 10.2. The minimum Gasteiger partial charge on any atom is -0.314 e. The van der Waals surface area contributed by atoms with Crippen LogP contribution in [-0.2, 0) is 0 Å². The summed E-state index contributed by atoms with van der Waals surface area (Å²) >= 11 is 0. The van der Waals surface area contributed by atoms with E-state index in [0.29, 0.717) is 0 Å². The van der Waals surface area contributed by atoms with Gasteiger partial charge in [0.1, 0.15) is 0 Å². The van der Waals surface area contributed by atoms with E-state index >= 15 is 0 Å². The van der Waals surface area contributed by atoms with Crippen molar-refractivity contribution in [2.24, 2.45) is 0 Å². The van der Waals surface area contributed by atoms with E-state index in [1.807, 2.05) is 7.05 Å². The molecule has 1 rings (SSSR count). The predicted octanol–water partition coefficient (Wildman–Crippen LogP) is 1.64. The van der Waals surface area contributed by atoms with Gasteiger partial charge in [0, 0.05) is 25.2 Å². The van der Waals surface area contributed by atoms with Crippen LogP contribution in [0.4, 0.5) is 0 Å². The van der Waals surface area contributed by atoms with Gasteiger partial charge in [0.25, 0.3) is 0 Å². The van der Waals surface area contributed by atoms with Crippen LogP contribution in [-0.4, -0.2) is 37.1 Å². The molecule has 0 atom stereocenters. The van der Waals surface area contributed by atoms with Crippen molar-refractivity contribution in [1.29, 1.82) is 0 Å². The minimum atomic E-state index is 0.235. The van der Waals surface area contributed by atoms with E-state index in [1.54, 1.807) is 5.57 Å². The average Bonchev–Trinajstić information content (AvgIpc) is 2.09. The van der Waals surface area contributed by atoms with Gasteiger partial charge >= 0.3 is 0 Å². The molecule has 0 radical (unpaired) electrons. The van der Waals surface area contributed by atoms with Crippen molar-refractivity contribution in [3.8, 4) is 0 Å². The molecule has 1 aliphatic heterocycles. The van der Waals surface area contributed by atoms with E-state index in [1.165, 1.54) is 13.0 Å². The van der Waals surface area contributed by atoms with Gasteiger partial charge in [0.2, 0.25) is 0 Å². The van der Waals surface area contributed by atoms with Crippen LogP contribution in [0.5, 0.6) is 0 Å². The number of hydrogen-bond acceptors (Lipinski definition) is 2. The molecule has 0 fully saturated rings. The summed E-state index contributed by atoms with van der Waals surface area (Å²) in [4.78, 5) is 2.50. The summed E-state index contributed by atoms with van der Waals surface area (Å²) in [7, 11) is 2.03. The maximum atomic E-state index is 3.34. The molecule has 0 bridgehead atoms. The van der Waals surface area contributed by atoms with Gasteiger partial charge in [-0.15, -0.1) is 0 Å². The Balaban J connectivity index is 2.39. The van der Waals surface area contributed by atoms with Gasteiger partial charge in [-0.2, -0.15) is 0 Å². The third-order valence-electron chi connectivity index (χ3n) is 2.82. The van der Waals surface area contributed by atoms with E-state index in [0.717, 1.165) is 13.1 Å². The molecule has 13 heavy (non-hydrogen) atoms. The van der Waals surface area contributed by atoms with Crippen LogP contribution in [0.25, 0.3) is 0 Å². The van der Waals surface area contributed by atoms with Crippen molar-refractivity contribution >= 4 is 0 Å². The molecule has 0 aromatic carbocycles. The second kappa shape index (κ2) is 4.25. The van der Waals surface area contributed by atoms with Crippen LogP contribution in [0.2, 0.25) is 0 Å². The smallest absolute Gasteiger partial charge is 0.0249 e. The van der Waals surface area contributed by atoms with Crippen molar-refractivity contribution < 1.29 is 0 Å². The Morgan fingerprint density at radius 2 is 2.23 bits per heavy atom. The predicted molar refractivity (Wildman–Crippen MR) is 58.0 cm³/mol. The third-order valence-corrected chi connectivity index (χ3v) is 2.82. The molecular weight excluding hydrogens is 160 g/mol. The molecule has 1 aliphatic rings. The van der Waals surface area contributed by atoms with Gasteiger partial charge in [-0.1, -0.05) is 11.6 Å². The van der Waals surface area contributed by atoms with E-state index in [9.17, 15) is 0 Å². The van der Waals surface area contributed by atoms with Crippen molar-refractivity contribution in [2.45, 2.75) is 32.7 Å². The summed E-state index contributed by atoms with van der Waals surface area (Å²) in [5.41, 5.74) is 1.78. The topological polar surface area (TPSA) is 15.3 Å². The molecule has 1 heterocycles. The van der Waals surface area contributed by atoms with Gasteiger partial charge in [-0.3, -0.25) is 4.90 Å². The molecular formula is C11H22N2. The van der Waals surface area contributed by atoms with Crippen molar-refractivity contribution in [3.05, 3.63) is 11.6 Å². The fourth-order valence-electron chi connectivity index (χ4n) is 1.59. The summed E-state index contributed by atoms with van der Waals surface area (Å²) in [5, 5.41) is 3.34. The minimum absolute atomic E-state index is 0.235. The van der Waals surface area contributed by atoms with Crippen LogP contribution < -0.4 is 5.32 Å². The molecule has 2 heteroatoms. The monoisotopic (exact) mass is 182 g/mol. The maximum absolute atomic E-state index is 3.34. The molecule has 0 saturated carbocycles. The lowest BCUT2D eigenvalue weighted by molar-refractivity contribution is 0.219. The Kier molecular flexibility index (Phi) is 3.51. The number of hydrogen-bond donors (Lipinski definition) is 1. The van der Waals surface area contributed by atoms with Gasteiger partial charge < -0.3 is 5.32 Å². The maximum Gasteiger partial charge on any atom is 0.0249 e. The lowest BCUT2D eigenvalue weighted by atomic mass is 10.0. The van der Waals surface area contributed by atoms with E-state index in [-0.39, 0.29) is 5.54 Å². The number of nitrogens with zero attached hydrogens (tertiary/aromatic N) is 1. The molecule has 0 unspecified atom stereocenters. The molecule has 0 amide bonds. The Hall–Kier alpha value is -0.340. The highest BCUT2D eigenvalue weighted by Gasteiger charge is 2.20. The van der Waals surface area contributed by atoms with Crippen molar-refractivity contribution in [3.63, 3.8) is 0 Å². The van der Waals surface area contributed by atoms with Crippen LogP contribution in [0, 0.1) is 0 Å². The zero-order valence-corrected chi connectivity index (χ0v) is 9.35. The molecule has 0 aliphatic carbocycles. The largest absolute Gasteiger partial charge is 0.314 e. The Morgan fingerprint density at radius 1 is 1.54 bits per heavy atom. The van der Waals surface area contributed by atoms with E-state index < -0.39 is 0 Å². The zero-order valence-electron chi connectivity index (χ0n) is 9.35. The number of nitrogens with one attached hydrogen (secondary N) is 1. The van der Waals surface area contributed by atoms with Gasteiger partial charge in [0.15, 0.2) is 0 Å². The molecule has 0 spiro atoms. The standard InChI is InChI=1S/C11H22N2/c1-10-5-7-13(8-6-10)9-11(2,3)12-4/h5,12H,6-9H2,1-4H3. The lowest BCUT2D eigenvalue weighted by Crippen LogP contribution is -2.48. The SMILES string of the molecule is CNC(C)(C)CN1CC=C(C)CC1. The van der Waals surface area contributed by atoms with E-state index in [4.69, 9.17) is 0 Å². The molecule has 0 aromatic heterocycles. The molecule has 0 saturated heterocycles. The average molecular weight is 182 g/mol. The number of rotatable bonds is 3. The second-order valence-electron chi connectivity index (χ2n) is 4.67. The first-order valence-electron chi connectivity index (χ1n) is 5.10. The Morgan fingerprint density at radius 3 is 2.69 bits per heavy atom. The molecule has 0 aromatic rings. The molecule has 2 nitrogen and oxygen atoms in total. The highest BCUT2D eigenvalue weighted by Crippen LogP contribution is 2.12. The first-order chi connectivity index (χ1) is 6.03. The fraction of sp³-hybridized carbons (Fsp3) is 0.818. The van der Waals surface area contributed by atoms with Crippen LogP contribution in [0.15, 0.2) is 11.6 Å². The van der Waals surface area contributed by atoms with Gasteiger partial charge in [-0.05, 0) is 34.2 Å². The second-order valence-corrected chi connectivity index (χ2v) is 4.67. The number of likely N-dealkylation sites (N-methyl/N-ethyl adjacent to an activating group) is 1. The zero-order chi connectivity index (χ0) is 9.90. The van der Waals surface area contributed by atoms with Crippen LogP contribution >= 0.6 is 0 Å². The first-order valence-corrected chi connectivity index (χ1v) is 5.10. The lowest BCUT2D eigenvalue weighted by Gasteiger charge is -2.33. The Labute approximate surface area is 82.0 Å². The summed E-state index contributed by atoms with van der Waals surface area (Å²) in [6.07, 6.45) is 3.58.